The van der Waals surface area contributed by atoms with E-state index < -0.39 is 6.29 Å². The van der Waals surface area contributed by atoms with Crippen LogP contribution < -0.4 is 0 Å². The average molecular weight is 214 g/mol. The van der Waals surface area contributed by atoms with Gasteiger partial charge in [0.15, 0.2) is 6.29 Å². The third-order valence-corrected chi connectivity index (χ3v) is 3.41. The van der Waals surface area contributed by atoms with Crippen molar-refractivity contribution in [2.75, 3.05) is 7.11 Å². The topological polar surface area (TPSA) is 38.7 Å². The SMILES string of the molecule is C=CC(O)OC1(C(C)C)CCC(OC)C1. The zero-order valence-electron chi connectivity index (χ0n) is 9.90. The molecule has 1 aliphatic carbocycles. The fraction of sp³-hybridized carbons (Fsp3) is 0.833. The first-order chi connectivity index (χ1) is 7.04. The molecule has 3 heteroatoms. The molecule has 0 amide bonds. The van der Waals surface area contributed by atoms with E-state index in [9.17, 15) is 5.11 Å². The summed E-state index contributed by atoms with van der Waals surface area (Å²) in [6.45, 7) is 7.76. The Morgan fingerprint density at radius 1 is 1.53 bits per heavy atom. The first-order valence-electron chi connectivity index (χ1n) is 5.55. The lowest BCUT2D eigenvalue weighted by molar-refractivity contribution is -0.180. The Bertz CT molecular complexity index is 215. The molecule has 0 heterocycles. The molecule has 0 saturated heterocycles. The number of hydrogen-bond acceptors (Lipinski definition) is 3. The van der Waals surface area contributed by atoms with Crippen molar-refractivity contribution in [3.8, 4) is 0 Å². The van der Waals surface area contributed by atoms with Crippen molar-refractivity contribution in [1.82, 2.24) is 0 Å². The fourth-order valence-corrected chi connectivity index (χ4v) is 2.25. The van der Waals surface area contributed by atoms with Gasteiger partial charge in [0.25, 0.3) is 0 Å². The minimum atomic E-state index is -0.872. The second-order valence-electron chi connectivity index (χ2n) is 4.56. The molecule has 3 atom stereocenters. The third-order valence-electron chi connectivity index (χ3n) is 3.41. The Balaban J connectivity index is 2.68. The Labute approximate surface area is 92.1 Å². The smallest absolute Gasteiger partial charge is 0.174 e. The Hall–Kier alpha value is -0.380. The van der Waals surface area contributed by atoms with Gasteiger partial charge in [-0.1, -0.05) is 20.4 Å². The zero-order chi connectivity index (χ0) is 11.5. The second kappa shape index (κ2) is 5.10. The van der Waals surface area contributed by atoms with Crippen LogP contribution in [0.15, 0.2) is 12.7 Å². The van der Waals surface area contributed by atoms with E-state index >= 15 is 0 Å². The molecule has 0 bridgehead atoms. The summed E-state index contributed by atoms with van der Waals surface area (Å²) in [5.41, 5.74) is -0.256. The van der Waals surface area contributed by atoms with Crippen LogP contribution in [0.2, 0.25) is 0 Å². The van der Waals surface area contributed by atoms with Crippen LogP contribution in [-0.2, 0) is 9.47 Å². The summed E-state index contributed by atoms with van der Waals surface area (Å²) in [5, 5.41) is 9.51. The molecule has 0 aromatic rings. The van der Waals surface area contributed by atoms with E-state index in [-0.39, 0.29) is 11.7 Å². The van der Waals surface area contributed by atoms with E-state index in [0.29, 0.717) is 5.92 Å². The number of aliphatic hydroxyl groups is 1. The van der Waals surface area contributed by atoms with E-state index in [4.69, 9.17) is 9.47 Å². The molecule has 3 unspecified atom stereocenters. The molecule has 0 aromatic heterocycles. The number of hydrogen-bond donors (Lipinski definition) is 1. The summed E-state index contributed by atoms with van der Waals surface area (Å²) < 4.78 is 11.0. The summed E-state index contributed by atoms with van der Waals surface area (Å²) in [6, 6.07) is 0. The summed E-state index contributed by atoms with van der Waals surface area (Å²) >= 11 is 0. The van der Waals surface area contributed by atoms with Crippen molar-refractivity contribution >= 4 is 0 Å². The molecule has 1 aliphatic rings. The van der Waals surface area contributed by atoms with Crippen molar-refractivity contribution in [1.29, 1.82) is 0 Å². The van der Waals surface area contributed by atoms with Gasteiger partial charge in [-0.2, -0.15) is 0 Å². The van der Waals surface area contributed by atoms with Crippen LogP contribution in [0.4, 0.5) is 0 Å². The molecule has 1 rings (SSSR count). The van der Waals surface area contributed by atoms with Gasteiger partial charge in [-0.25, -0.2) is 0 Å². The van der Waals surface area contributed by atoms with Gasteiger partial charge < -0.3 is 14.6 Å². The Morgan fingerprint density at radius 2 is 2.20 bits per heavy atom. The van der Waals surface area contributed by atoms with E-state index in [0.717, 1.165) is 19.3 Å². The Kier molecular flexibility index (Phi) is 4.32. The second-order valence-corrected chi connectivity index (χ2v) is 4.56. The normalized spacial score (nSPS) is 33.3. The quantitative estimate of drug-likeness (QED) is 0.562. The first-order valence-corrected chi connectivity index (χ1v) is 5.55. The van der Waals surface area contributed by atoms with Crippen LogP contribution in [-0.4, -0.2) is 30.2 Å². The average Bonchev–Trinajstić information content (AvgIpc) is 2.62. The first kappa shape index (κ1) is 12.7. The van der Waals surface area contributed by atoms with E-state index in [1.807, 2.05) is 0 Å². The number of rotatable bonds is 5. The standard InChI is InChI=1S/C12H22O3/c1-5-11(13)15-12(9(2)3)7-6-10(8-12)14-4/h5,9-11,13H,1,6-8H2,2-4H3. The molecule has 88 valence electrons. The molecular weight excluding hydrogens is 192 g/mol. The summed E-state index contributed by atoms with van der Waals surface area (Å²) in [4.78, 5) is 0. The predicted molar refractivity (Wildman–Crippen MR) is 59.5 cm³/mol. The fourth-order valence-electron chi connectivity index (χ4n) is 2.25. The van der Waals surface area contributed by atoms with Gasteiger partial charge in [-0.3, -0.25) is 0 Å². The van der Waals surface area contributed by atoms with Gasteiger partial charge >= 0.3 is 0 Å². The van der Waals surface area contributed by atoms with Gasteiger partial charge in [0.1, 0.15) is 0 Å². The van der Waals surface area contributed by atoms with Gasteiger partial charge in [-0.05, 0) is 24.8 Å². The summed E-state index contributed by atoms with van der Waals surface area (Å²) in [5.74, 6) is 0.368. The van der Waals surface area contributed by atoms with Crippen molar-refractivity contribution in [2.45, 2.75) is 51.1 Å². The van der Waals surface area contributed by atoms with Gasteiger partial charge in [0, 0.05) is 13.5 Å². The lowest BCUT2D eigenvalue weighted by atomic mass is 9.88. The van der Waals surface area contributed by atoms with E-state index in [1.54, 1.807) is 7.11 Å². The van der Waals surface area contributed by atoms with Crippen molar-refractivity contribution in [3.63, 3.8) is 0 Å². The highest BCUT2D eigenvalue weighted by Gasteiger charge is 2.43. The number of methoxy groups -OCH3 is 1. The molecule has 0 spiro atoms. The molecule has 15 heavy (non-hydrogen) atoms. The molecule has 1 N–H and O–H groups in total. The Morgan fingerprint density at radius 3 is 2.60 bits per heavy atom. The van der Waals surface area contributed by atoms with Gasteiger partial charge in [0.05, 0.1) is 11.7 Å². The van der Waals surface area contributed by atoms with Crippen molar-refractivity contribution < 1.29 is 14.6 Å². The minimum absolute atomic E-state index is 0.254. The highest BCUT2D eigenvalue weighted by molar-refractivity contribution is 4.95. The largest absolute Gasteiger partial charge is 0.381 e. The van der Waals surface area contributed by atoms with Crippen LogP contribution >= 0.6 is 0 Å². The maximum Gasteiger partial charge on any atom is 0.174 e. The zero-order valence-corrected chi connectivity index (χ0v) is 9.90. The highest BCUT2D eigenvalue weighted by Crippen LogP contribution is 2.41. The molecule has 3 nitrogen and oxygen atoms in total. The van der Waals surface area contributed by atoms with Crippen LogP contribution in [0.3, 0.4) is 0 Å². The molecular formula is C12H22O3. The molecule has 0 radical (unpaired) electrons. The third kappa shape index (κ3) is 2.80. The maximum atomic E-state index is 9.51. The summed E-state index contributed by atoms with van der Waals surface area (Å²) in [7, 11) is 1.73. The molecule has 1 saturated carbocycles. The lowest BCUT2D eigenvalue weighted by Crippen LogP contribution is -2.39. The van der Waals surface area contributed by atoms with Gasteiger partial charge in [0.2, 0.25) is 0 Å². The van der Waals surface area contributed by atoms with E-state index in [2.05, 4.69) is 20.4 Å². The number of ether oxygens (including phenoxy) is 2. The maximum absolute atomic E-state index is 9.51. The number of aliphatic hydroxyl groups excluding tert-OH is 1. The van der Waals surface area contributed by atoms with Crippen LogP contribution in [0.1, 0.15) is 33.1 Å². The van der Waals surface area contributed by atoms with Crippen molar-refractivity contribution in [2.24, 2.45) is 5.92 Å². The molecule has 0 aromatic carbocycles. The minimum Gasteiger partial charge on any atom is -0.381 e. The van der Waals surface area contributed by atoms with Crippen molar-refractivity contribution in [3.05, 3.63) is 12.7 Å². The van der Waals surface area contributed by atoms with Crippen LogP contribution in [0.25, 0.3) is 0 Å². The predicted octanol–water partition coefficient (Wildman–Crippen LogP) is 2.10. The summed E-state index contributed by atoms with van der Waals surface area (Å²) in [6.07, 6.45) is 3.59. The van der Waals surface area contributed by atoms with E-state index in [1.165, 1.54) is 6.08 Å². The van der Waals surface area contributed by atoms with Gasteiger partial charge in [-0.15, -0.1) is 0 Å². The van der Waals surface area contributed by atoms with Crippen LogP contribution in [0, 0.1) is 5.92 Å². The monoisotopic (exact) mass is 214 g/mol. The molecule has 0 aliphatic heterocycles. The highest BCUT2D eigenvalue weighted by atomic mass is 16.6. The lowest BCUT2D eigenvalue weighted by Gasteiger charge is -2.35. The van der Waals surface area contributed by atoms with Crippen LogP contribution in [0.5, 0.6) is 0 Å². The molecule has 1 fully saturated rings.